The standard InChI is InChI=1S/C16H22F3N3O/c1-15(10-20)7-8-22(11-15)13(23)9-21-14(16(17,18)19)12-5-3-2-4-6-12/h2-6,14,21H,7-11,20H2,1H3. The minimum Gasteiger partial charge on any atom is -0.341 e. The third kappa shape index (κ3) is 4.45. The molecular weight excluding hydrogens is 307 g/mol. The molecule has 0 saturated carbocycles. The zero-order valence-electron chi connectivity index (χ0n) is 13.1. The van der Waals surface area contributed by atoms with Crippen LogP contribution >= 0.6 is 0 Å². The smallest absolute Gasteiger partial charge is 0.341 e. The van der Waals surface area contributed by atoms with Gasteiger partial charge >= 0.3 is 6.18 Å². The average Bonchev–Trinajstić information content (AvgIpc) is 2.90. The van der Waals surface area contributed by atoms with Crippen molar-refractivity contribution in [2.45, 2.75) is 25.6 Å². The Labute approximate surface area is 133 Å². The Hall–Kier alpha value is -1.60. The van der Waals surface area contributed by atoms with Crippen molar-refractivity contribution in [2.75, 3.05) is 26.2 Å². The van der Waals surface area contributed by atoms with Crippen LogP contribution in [0.15, 0.2) is 30.3 Å². The lowest BCUT2D eigenvalue weighted by Crippen LogP contribution is -2.43. The van der Waals surface area contributed by atoms with Gasteiger partial charge in [0.15, 0.2) is 0 Å². The van der Waals surface area contributed by atoms with Crippen molar-refractivity contribution in [3.05, 3.63) is 35.9 Å². The Morgan fingerprint density at radius 1 is 1.39 bits per heavy atom. The maximum atomic E-state index is 13.2. The van der Waals surface area contributed by atoms with Crippen LogP contribution < -0.4 is 11.1 Å². The Kier molecular flexibility index (Phi) is 5.31. The van der Waals surface area contributed by atoms with Crippen LogP contribution in [0.25, 0.3) is 0 Å². The number of nitrogens with one attached hydrogen (secondary N) is 1. The SMILES string of the molecule is CC1(CN)CCN(C(=O)CNC(c2ccccc2)C(F)(F)F)C1. The average molecular weight is 329 g/mol. The van der Waals surface area contributed by atoms with Gasteiger partial charge in [0.05, 0.1) is 6.54 Å². The van der Waals surface area contributed by atoms with E-state index < -0.39 is 12.2 Å². The van der Waals surface area contributed by atoms with E-state index in [9.17, 15) is 18.0 Å². The first-order valence-corrected chi connectivity index (χ1v) is 7.58. The van der Waals surface area contributed by atoms with E-state index in [1.54, 1.807) is 23.1 Å². The highest BCUT2D eigenvalue weighted by atomic mass is 19.4. The van der Waals surface area contributed by atoms with Crippen molar-refractivity contribution in [3.63, 3.8) is 0 Å². The highest BCUT2D eigenvalue weighted by molar-refractivity contribution is 5.78. The number of hydrogen-bond acceptors (Lipinski definition) is 3. The Bertz CT molecular complexity index is 535. The highest BCUT2D eigenvalue weighted by Crippen LogP contribution is 2.33. The normalized spacial score (nSPS) is 23.1. The molecule has 4 nitrogen and oxygen atoms in total. The van der Waals surface area contributed by atoms with Crippen LogP contribution in [0.2, 0.25) is 0 Å². The molecule has 1 fully saturated rings. The van der Waals surface area contributed by atoms with E-state index in [0.29, 0.717) is 19.6 Å². The lowest BCUT2D eigenvalue weighted by Gasteiger charge is -2.25. The summed E-state index contributed by atoms with van der Waals surface area (Å²) in [5.74, 6) is -0.327. The van der Waals surface area contributed by atoms with Gasteiger partial charge in [-0.05, 0) is 23.9 Å². The van der Waals surface area contributed by atoms with Crippen LogP contribution in [0.5, 0.6) is 0 Å². The molecule has 1 aromatic carbocycles. The van der Waals surface area contributed by atoms with Crippen LogP contribution in [0.4, 0.5) is 13.2 Å². The minimum absolute atomic E-state index is 0.0982. The zero-order chi connectivity index (χ0) is 17.1. The fraction of sp³-hybridized carbons (Fsp3) is 0.562. The summed E-state index contributed by atoms with van der Waals surface area (Å²) in [6.07, 6.45) is -3.69. The van der Waals surface area contributed by atoms with E-state index in [1.165, 1.54) is 12.1 Å². The summed E-state index contributed by atoms with van der Waals surface area (Å²) in [5, 5.41) is 2.35. The molecule has 1 aliphatic heterocycles. The van der Waals surface area contributed by atoms with Crippen molar-refractivity contribution in [1.29, 1.82) is 0 Å². The van der Waals surface area contributed by atoms with Gasteiger partial charge in [-0.2, -0.15) is 13.2 Å². The molecule has 2 unspecified atom stereocenters. The van der Waals surface area contributed by atoms with Crippen molar-refractivity contribution < 1.29 is 18.0 Å². The molecule has 1 heterocycles. The molecule has 2 rings (SSSR count). The second-order valence-corrected chi connectivity index (χ2v) is 6.35. The van der Waals surface area contributed by atoms with Gasteiger partial charge in [0.2, 0.25) is 5.91 Å². The number of amides is 1. The van der Waals surface area contributed by atoms with E-state index >= 15 is 0 Å². The van der Waals surface area contributed by atoms with Gasteiger partial charge < -0.3 is 10.6 Å². The van der Waals surface area contributed by atoms with E-state index in [4.69, 9.17) is 5.73 Å². The predicted octanol–water partition coefficient (Wildman–Crippen LogP) is 2.08. The maximum absolute atomic E-state index is 13.2. The number of alkyl halides is 3. The topological polar surface area (TPSA) is 58.4 Å². The first kappa shape index (κ1) is 17.7. The summed E-state index contributed by atoms with van der Waals surface area (Å²) in [4.78, 5) is 13.7. The van der Waals surface area contributed by atoms with Crippen molar-refractivity contribution in [2.24, 2.45) is 11.1 Å². The van der Waals surface area contributed by atoms with Gasteiger partial charge in [0.1, 0.15) is 6.04 Å². The molecule has 0 spiro atoms. The molecule has 3 N–H and O–H groups in total. The number of halogens is 3. The largest absolute Gasteiger partial charge is 0.407 e. The van der Waals surface area contributed by atoms with Crippen LogP contribution in [-0.4, -0.2) is 43.2 Å². The third-order valence-electron chi connectivity index (χ3n) is 4.32. The van der Waals surface area contributed by atoms with Gasteiger partial charge in [0, 0.05) is 13.1 Å². The number of likely N-dealkylation sites (tertiary alicyclic amines) is 1. The predicted molar refractivity (Wildman–Crippen MR) is 81.6 cm³/mol. The van der Waals surface area contributed by atoms with Crippen molar-refractivity contribution in [1.82, 2.24) is 10.2 Å². The molecule has 7 heteroatoms. The van der Waals surface area contributed by atoms with Crippen molar-refractivity contribution in [3.8, 4) is 0 Å². The number of carbonyl (C=O) groups is 1. The number of rotatable bonds is 5. The zero-order valence-corrected chi connectivity index (χ0v) is 13.1. The van der Waals surface area contributed by atoms with Crippen LogP contribution in [0.1, 0.15) is 24.9 Å². The molecular formula is C16H22F3N3O. The first-order chi connectivity index (χ1) is 10.7. The monoisotopic (exact) mass is 329 g/mol. The minimum atomic E-state index is -4.46. The van der Waals surface area contributed by atoms with Gasteiger partial charge in [-0.15, -0.1) is 0 Å². The Balaban J connectivity index is 1.98. The van der Waals surface area contributed by atoms with Gasteiger partial charge in [-0.3, -0.25) is 10.1 Å². The van der Waals surface area contributed by atoms with Crippen LogP contribution in [-0.2, 0) is 4.79 Å². The van der Waals surface area contributed by atoms with Crippen molar-refractivity contribution >= 4 is 5.91 Å². The molecule has 1 saturated heterocycles. The first-order valence-electron chi connectivity index (χ1n) is 7.58. The molecule has 0 bridgehead atoms. The van der Waals surface area contributed by atoms with Crippen LogP contribution in [0, 0.1) is 5.41 Å². The molecule has 23 heavy (non-hydrogen) atoms. The second kappa shape index (κ2) is 6.88. The lowest BCUT2D eigenvalue weighted by atomic mass is 9.90. The lowest BCUT2D eigenvalue weighted by molar-refractivity contribution is -0.159. The summed E-state index contributed by atoms with van der Waals surface area (Å²) in [6.45, 7) is 3.12. The molecule has 128 valence electrons. The fourth-order valence-electron chi connectivity index (χ4n) is 2.77. The second-order valence-electron chi connectivity index (χ2n) is 6.35. The number of benzene rings is 1. The Morgan fingerprint density at radius 2 is 2.04 bits per heavy atom. The van der Waals surface area contributed by atoms with Gasteiger partial charge in [-0.25, -0.2) is 0 Å². The van der Waals surface area contributed by atoms with Gasteiger partial charge in [-0.1, -0.05) is 37.3 Å². The molecule has 1 aliphatic rings. The molecule has 1 aromatic rings. The van der Waals surface area contributed by atoms with E-state index in [-0.39, 0.29) is 23.4 Å². The molecule has 0 aromatic heterocycles. The number of nitrogens with zero attached hydrogens (tertiary/aromatic N) is 1. The Morgan fingerprint density at radius 3 is 2.57 bits per heavy atom. The molecule has 0 aliphatic carbocycles. The summed E-state index contributed by atoms with van der Waals surface area (Å²) in [6, 6.07) is 5.69. The molecule has 0 radical (unpaired) electrons. The van der Waals surface area contributed by atoms with Gasteiger partial charge in [0.25, 0.3) is 0 Å². The molecule has 2 atom stereocenters. The van der Waals surface area contributed by atoms with Crippen LogP contribution in [0.3, 0.4) is 0 Å². The molecule has 1 amide bonds. The van der Waals surface area contributed by atoms with E-state index in [2.05, 4.69) is 5.32 Å². The van der Waals surface area contributed by atoms with E-state index in [0.717, 1.165) is 6.42 Å². The van der Waals surface area contributed by atoms with E-state index in [1.807, 2.05) is 6.92 Å². The number of carbonyl (C=O) groups excluding carboxylic acids is 1. The third-order valence-corrected chi connectivity index (χ3v) is 4.32. The summed E-state index contributed by atoms with van der Waals surface area (Å²) in [5.41, 5.74) is 5.64. The summed E-state index contributed by atoms with van der Waals surface area (Å²) < 4.78 is 39.6. The fourth-order valence-corrected chi connectivity index (χ4v) is 2.77. The maximum Gasteiger partial charge on any atom is 0.407 e. The summed E-state index contributed by atoms with van der Waals surface area (Å²) in [7, 11) is 0. The highest BCUT2D eigenvalue weighted by Gasteiger charge is 2.41. The number of hydrogen-bond donors (Lipinski definition) is 2. The quantitative estimate of drug-likeness (QED) is 0.869. The summed E-state index contributed by atoms with van der Waals surface area (Å²) >= 11 is 0. The number of nitrogens with two attached hydrogens (primary N) is 1.